The van der Waals surface area contributed by atoms with Crippen LogP contribution in [-0.2, 0) is 0 Å². The maximum atomic E-state index is 4.64. The van der Waals surface area contributed by atoms with Crippen LogP contribution in [0.3, 0.4) is 0 Å². The van der Waals surface area contributed by atoms with E-state index in [9.17, 15) is 0 Å². The molecule has 0 spiro atoms. The Morgan fingerprint density at radius 1 is 0.917 bits per heavy atom. The van der Waals surface area contributed by atoms with E-state index in [1.165, 1.54) is 31.8 Å². The first-order chi connectivity index (χ1) is 11.4. The molecule has 2 nitrogen and oxygen atoms in total. The number of aryl methyl sites for hydroxylation is 3. The zero-order chi connectivity index (χ0) is 17.3. The third kappa shape index (κ3) is 3.61. The van der Waals surface area contributed by atoms with Gasteiger partial charge in [0.15, 0.2) is 0 Å². The van der Waals surface area contributed by atoms with Crippen molar-refractivity contribution in [1.29, 1.82) is 0 Å². The van der Waals surface area contributed by atoms with E-state index in [4.69, 9.17) is 0 Å². The fraction of sp³-hybridized carbons (Fsp3) is 0.190. The van der Waals surface area contributed by atoms with Gasteiger partial charge in [-0.1, -0.05) is 12.1 Å². The Bertz CT molecular complexity index is 899. The zero-order valence-corrected chi connectivity index (χ0v) is 16.6. The van der Waals surface area contributed by atoms with Crippen molar-refractivity contribution < 1.29 is 0 Å². The molecular formula is C21H21IN2. The van der Waals surface area contributed by atoms with Crippen molar-refractivity contribution in [1.82, 2.24) is 4.57 Å². The number of hydrogen-bond donors (Lipinski definition) is 0. The molecule has 0 fully saturated rings. The number of aromatic nitrogens is 1. The van der Waals surface area contributed by atoms with Crippen LogP contribution in [0.1, 0.15) is 28.1 Å². The lowest BCUT2D eigenvalue weighted by Gasteiger charge is -2.11. The smallest absolute Gasteiger partial charge is 0.0640 e. The Morgan fingerprint density at radius 3 is 2.29 bits per heavy atom. The van der Waals surface area contributed by atoms with E-state index in [1.807, 2.05) is 18.3 Å². The molecule has 0 amide bonds. The molecule has 3 heteroatoms. The van der Waals surface area contributed by atoms with Crippen LogP contribution in [0.15, 0.2) is 53.5 Å². The van der Waals surface area contributed by atoms with Crippen molar-refractivity contribution in [2.75, 3.05) is 0 Å². The topological polar surface area (TPSA) is 17.3 Å². The molecule has 0 unspecified atom stereocenters. The van der Waals surface area contributed by atoms with Crippen LogP contribution in [-0.4, -0.2) is 10.8 Å². The highest BCUT2D eigenvalue weighted by Crippen LogP contribution is 2.23. The summed E-state index contributed by atoms with van der Waals surface area (Å²) in [6.07, 6.45) is 1.97. The molecule has 0 atom stereocenters. The number of benzene rings is 2. The second kappa shape index (κ2) is 6.93. The number of nitrogens with zero attached hydrogens (tertiary/aromatic N) is 2. The lowest BCUT2D eigenvalue weighted by atomic mass is 10.1. The lowest BCUT2D eigenvalue weighted by Crippen LogP contribution is -2.00. The second-order valence-corrected chi connectivity index (χ2v) is 7.49. The van der Waals surface area contributed by atoms with Gasteiger partial charge in [-0.3, -0.25) is 4.99 Å². The molecular weight excluding hydrogens is 407 g/mol. The SMILES string of the molecule is Cc1cc(C)cc(-n2c(C)cc(C=Nc3cccc(I)c3)c2C)c1. The van der Waals surface area contributed by atoms with Crippen LogP contribution < -0.4 is 0 Å². The molecule has 0 N–H and O–H groups in total. The van der Waals surface area contributed by atoms with E-state index in [-0.39, 0.29) is 0 Å². The fourth-order valence-electron chi connectivity index (χ4n) is 3.10. The number of aliphatic imine (C=N–C) groups is 1. The molecule has 3 aromatic rings. The molecule has 122 valence electrons. The summed E-state index contributed by atoms with van der Waals surface area (Å²) in [6, 6.07) is 17.1. The highest BCUT2D eigenvalue weighted by Gasteiger charge is 2.10. The quantitative estimate of drug-likeness (QED) is 0.356. The Morgan fingerprint density at radius 2 is 1.62 bits per heavy atom. The first kappa shape index (κ1) is 17.0. The Labute approximate surface area is 157 Å². The van der Waals surface area contributed by atoms with Crippen LogP contribution in [0.2, 0.25) is 0 Å². The van der Waals surface area contributed by atoms with Gasteiger partial charge in [-0.05, 0) is 97.8 Å². The molecule has 1 heterocycles. The second-order valence-electron chi connectivity index (χ2n) is 6.25. The summed E-state index contributed by atoms with van der Waals surface area (Å²) < 4.78 is 3.50. The van der Waals surface area contributed by atoms with Crippen molar-refractivity contribution in [3.63, 3.8) is 0 Å². The summed E-state index contributed by atoms with van der Waals surface area (Å²) in [5, 5.41) is 0. The standard InChI is InChI=1S/C21H21IN2/c1-14-8-15(2)10-21(9-14)24-16(3)11-18(17(24)4)13-23-20-7-5-6-19(22)12-20/h5-13H,1-4H3. The molecule has 0 aliphatic carbocycles. The van der Waals surface area contributed by atoms with Gasteiger partial charge in [-0.15, -0.1) is 0 Å². The van der Waals surface area contributed by atoms with E-state index in [2.05, 4.69) is 96.2 Å². The minimum absolute atomic E-state index is 0.984. The monoisotopic (exact) mass is 428 g/mol. The summed E-state index contributed by atoms with van der Waals surface area (Å²) in [7, 11) is 0. The molecule has 0 aliphatic heterocycles. The molecule has 1 aromatic heterocycles. The minimum atomic E-state index is 0.984. The molecule has 0 aliphatic rings. The Hall–Kier alpha value is -1.88. The molecule has 3 rings (SSSR count). The largest absolute Gasteiger partial charge is 0.318 e. The van der Waals surface area contributed by atoms with Gasteiger partial charge in [-0.2, -0.15) is 0 Å². The van der Waals surface area contributed by atoms with Gasteiger partial charge < -0.3 is 4.57 Å². The van der Waals surface area contributed by atoms with Crippen LogP contribution >= 0.6 is 22.6 Å². The Balaban J connectivity index is 2.00. The zero-order valence-electron chi connectivity index (χ0n) is 14.5. The predicted octanol–water partition coefficient (Wildman–Crippen LogP) is 6.07. The van der Waals surface area contributed by atoms with E-state index < -0.39 is 0 Å². The van der Waals surface area contributed by atoms with Gasteiger partial charge in [-0.25, -0.2) is 0 Å². The molecule has 0 saturated carbocycles. The summed E-state index contributed by atoms with van der Waals surface area (Å²) >= 11 is 2.31. The third-order valence-electron chi connectivity index (χ3n) is 4.10. The number of hydrogen-bond acceptors (Lipinski definition) is 1. The number of halogens is 1. The van der Waals surface area contributed by atoms with Crippen molar-refractivity contribution in [2.24, 2.45) is 4.99 Å². The van der Waals surface area contributed by atoms with Gasteiger partial charge >= 0.3 is 0 Å². The van der Waals surface area contributed by atoms with Crippen LogP contribution in [0, 0.1) is 31.3 Å². The van der Waals surface area contributed by atoms with E-state index in [1.54, 1.807) is 0 Å². The predicted molar refractivity (Wildman–Crippen MR) is 111 cm³/mol. The summed E-state index contributed by atoms with van der Waals surface area (Å²) in [5.41, 5.74) is 8.37. The lowest BCUT2D eigenvalue weighted by molar-refractivity contribution is 0.960. The Kier molecular flexibility index (Phi) is 4.90. The highest BCUT2D eigenvalue weighted by atomic mass is 127. The first-order valence-electron chi connectivity index (χ1n) is 8.01. The van der Waals surface area contributed by atoms with Crippen molar-refractivity contribution in [2.45, 2.75) is 27.7 Å². The maximum absolute atomic E-state index is 4.64. The average Bonchev–Trinajstić information content (AvgIpc) is 2.78. The molecule has 0 saturated heterocycles. The molecule has 0 radical (unpaired) electrons. The number of rotatable bonds is 3. The highest BCUT2D eigenvalue weighted by molar-refractivity contribution is 14.1. The van der Waals surface area contributed by atoms with Crippen molar-refractivity contribution >= 4 is 34.5 Å². The summed E-state index contributed by atoms with van der Waals surface area (Å²) in [6.45, 7) is 8.59. The normalized spacial score (nSPS) is 11.4. The van der Waals surface area contributed by atoms with Crippen LogP contribution in [0.4, 0.5) is 5.69 Å². The molecule has 24 heavy (non-hydrogen) atoms. The summed E-state index contributed by atoms with van der Waals surface area (Å²) in [4.78, 5) is 4.64. The van der Waals surface area contributed by atoms with Gasteiger partial charge in [0.2, 0.25) is 0 Å². The van der Waals surface area contributed by atoms with Crippen molar-refractivity contribution in [3.05, 3.63) is 80.2 Å². The molecule has 0 bridgehead atoms. The van der Waals surface area contributed by atoms with E-state index in [0.717, 1.165) is 11.3 Å². The van der Waals surface area contributed by atoms with Gasteiger partial charge in [0.05, 0.1) is 5.69 Å². The minimum Gasteiger partial charge on any atom is -0.318 e. The first-order valence-corrected chi connectivity index (χ1v) is 9.09. The average molecular weight is 428 g/mol. The fourth-order valence-corrected chi connectivity index (χ4v) is 3.62. The van der Waals surface area contributed by atoms with E-state index in [0.29, 0.717) is 0 Å². The van der Waals surface area contributed by atoms with Crippen LogP contribution in [0.5, 0.6) is 0 Å². The molecule has 2 aromatic carbocycles. The van der Waals surface area contributed by atoms with Gasteiger partial charge in [0, 0.05) is 32.4 Å². The van der Waals surface area contributed by atoms with Crippen LogP contribution in [0.25, 0.3) is 5.69 Å². The van der Waals surface area contributed by atoms with E-state index >= 15 is 0 Å². The van der Waals surface area contributed by atoms with Gasteiger partial charge in [0.25, 0.3) is 0 Å². The maximum Gasteiger partial charge on any atom is 0.0640 e. The van der Waals surface area contributed by atoms with Crippen molar-refractivity contribution in [3.8, 4) is 5.69 Å². The van der Waals surface area contributed by atoms with Gasteiger partial charge in [0.1, 0.15) is 0 Å². The summed E-state index contributed by atoms with van der Waals surface area (Å²) in [5.74, 6) is 0. The third-order valence-corrected chi connectivity index (χ3v) is 4.77.